The summed E-state index contributed by atoms with van der Waals surface area (Å²) in [4.78, 5) is 4.45. The molecule has 0 aliphatic heterocycles. The van der Waals surface area contributed by atoms with Crippen LogP contribution in [0.3, 0.4) is 0 Å². The van der Waals surface area contributed by atoms with Crippen LogP contribution in [0.4, 0.5) is 5.82 Å². The van der Waals surface area contributed by atoms with Gasteiger partial charge in [-0.1, -0.05) is 13.8 Å². The Labute approximate surface area is 112 Å². The summed E-state index contributed by atoms with van der Waals surface area (Å²) in [6.07, 6.45) is 4.48. The molecule has 0 amide bonds. The van der Waals surface area contributed by atoms with Gasteiger partial charge in [-0.2, -0.15) is 0 Å². The van der Waals surface area contributed by atoms with Crippen molar-refractivity contribution < 1.29 is 0 Å². The summed E-state index contributed by atoms with van der Waals surface area (Å²) in [5.74, 6) is 1.64. The molecule has 0 unspecified atom stereocenters. The molecule has 0 bridgehead atoms. The van der Waals surface area contributed by atoms with Crippen LogP contribution < -0.4 is 10.6 Å². The van der Waals surface area contributed by atoms with Crippen molar-refractivity contribution in [3.63, 3.8) is 0 Å². The Morgan fingerprint density at radius 2 is 2.24 bits per heavy atom. The van der Waals surface area contributed by atoms with E-state index >= 15 is 0 Å². The van der Waals surface area contributed by atoms with Crippen molar-refractivity contribution >= 4 is 21.7 Å². The van der Waals surface area contributed by atoms with Crippen LogP contribution in [0.5, 0.6) is 0 Å². The lowest BCUT2D eigenvalue weighted by molar-refractivity contribution is 0.673. The van der Waals surface area contributed by atoms with Crippen molar-refractivity contribution in [1.29, 1.82) is 0 Å². The van der Waals surface area contributed by atoms with Crippen molar-refractivity contribution in [2.75, 3.05) is 11.9 Å². The fourth-order valence-corrected chi connectivity index (χ4v) is 2.00. The minimum absolute atomic E-state index is 0.629. The van der Waals surface area contributed by atoms with Gasteiger partial charge in [-0.05, 0) is 40.8 Å². The quantitative estimate of drug-likeness (QED) is 0.847. The molecule has 17 heavy (non-hydrogen) atoms. The van der Waals surface area contributed by atoms with Crippen LogP contribution in [0.25, 0.3) is 0 Å². The molecule has 1 heterocycles. The molecule has 1 aromatic heterocycles. The van der Waals surface area contributed by atoms with E-state index in [1.54, 1.807) is 0 Å². The summed E-state index contributed by atoms with van der Waals surface area (Å²) in [5.41, 5.74) is 1.24. The third kappa shape index (κ3) is 4.28. The Hall–Kier alpha value is -0.610. The first kappa shape index (κ1) is 12.8. The van der Waals surface area contributed by atoms with Gasteiger partial charge in [0.15, 0.2) is 0 Å². The molecular weight excluding hydrogens is 278 g/mol. The number of rotatable bonds is 6. The van der Waals surface area contributed by atoms with Gasteiger partial charge in [-0.3, -0.25) is 0 Å². The average molecular weight is 298 g/mol. The van der Waals surface area contributed by atoms with Gasteiger partial charge in [-0.25, -0.2) is 4.98 Å². The lowest BCUT2D eigenvalue weighted by Gasteiger charge is -2.13. The van der Waals surface area contributed by atoms with Crippen LogP contribution >= 0.6 is 15.9 Å². The first-order valence-corrected chi connectivity index (χ1v) is 7.06. The molecule has 1 aliphatic carbocycles. The van der Waals surface area contributed by atoms with Crippen molar-refractivity contribution in [2.24, 2.45) is 5.92 Å². The summed E-state index contributed by atoms with van der Waals surface area (Å²) in [5, 5.41) is 6.94. The molecular formula is C13H20BrN3. The van der Waals surface area contributed by atoms with Crippen molar-refractivity contribution in [2.45, 2.75) is 39.3 Å². The molecule has 2 rings (SSSR count). The zero-order valence-electron chi connectivity index (χ0n) is 10.5. The van der Waals surface area contributed by atoms with Gasteiger partial charge in [0, 0.05) is 35.4 Å². The number of nitrogens with one attached hydrogen (secondary N) is 2. The van der Waals surface area contributed by atoms with Crippen molar-refractivity contribution in [3.05, 3.63) is 22.3 Å². The molecule has 0 spiro atoms. The second-order valence-corrected chi connectivity index (χ2v) is 6.01. The van der Waals surface area contributed by atoms with E-state index in [1.165, 1.54) is 18.4 Å². The fourth-order valence-electron chi connectivity index (χ4n) is 1.62. The fraction of sp³-hybridized carbons (Fsp3) is 0.615. The number of pyridine rings is 1. The third-order valence-electron chi connectivity index (χ3n) is 2.77. The molecule has 1 saturated carbocycles. The minimum atomic E-state index is 0.629. The molecule has 1 fully saturated rings. The molecule has 1 aliphatic rings. The molecule has 94 valence electrons. The maximum Gasteiger partial charge on any atom is 0.130 e. The van der Waals surface area contributed by atoms with Crippen LogP contribution in [0, 0.1) is 5.92 Å². The van der Waals surface area contributed by atoms with E-state index in [9.17, 15) is 0 Å². The van der Waals surface area contributed by atoms with Crippen LogP contribution in [0.15, 0.2) is 16.7 Å². The van der Waals surface area contributed by atoms with Gasteiger partial charge in [0.1, 0.15) is 5.82 Å². The van der Waals surface area contributed by atoms with E-state index in [0.29, 0.717) is 5.92 Å². The number of nitrogens with zero attached hydrogens (tertiary/aromatic N) is 1. The van der Waals surface area contributed by atoms with Crippen LogP contribution in [0.2, 0.25) is 0 Å². The normalized spacial score (nSPS) is 15.3. The van der Waals surface area contributed by atoms with Gasteiger partial charge < -0.3 is 10.6 Å². The van der Waals surface area contributed by atoms with Gasteiger partial charge in [0.25, 0.3) is 0 Å². The van der Waals surface area contributed by atoms with Crippen LogP contribution in [-0.2, 0) is 6.54 Å². The second-order valence-electron chi connectivity index (χ2n) is 5.09. The molecule has 1 aromatic rings. The summed E-state index contributed by atoms with van der Waals surface area (Å²) < 4.78 is 1.04. The average Bonchev–Trinajstić information content (AvgIpc) is 3.08. The number of aromatic nitrogens is 1. The lowest BCUT2D eigenvalue weighted by Crippen LogP contribution is -2.18. The van der Waals surface area contributed by atoms with Crippen LogP contribution in [0.1, 0.15) is 32.3 Å². The number of anilines is 1. The third-order valence-corrected chi connectivity index (χ3v) is 3.20. The molecule has 0 atom stereocenters. The maximum absolute atomic E-state index is 4.45. The van der Waals surface area contributed by atoms with Gasteiger partial charge in [0.2, 0.25) is 0 Å². The molecule has 0 saturated heterocycles. The molecule has 2 N–H and O–H groups in total. The number of halogens is 1. The smallest absolute Gasteiger partial charge is 0.130 e. The first-order chi connectivity index (χ1) is 8.15. The molecule has 4 heteroatoms. The monoisotopic (exact) mass is 297 g/mol. The van der Waals surface area contributed by atoms with Gasteiger partial charge in [-0.15, -0.1) is 0 Å². The summed E-state index contributed by atoms with van der Waals surface area (Å²) in [6.45, 7) is 6.27. The standard InChI is InChI=1S/C13H20BrN3/c1-9(2)6-16-13-10(5-11(14)8-17-13)7-15-12-3-4-12/h5,8-9,12,15H,3-4,6-7H2,1-2H3,(H,16,17). The summed E-state index contributed by atoms with van der Waals surface area (Å²) >= 11 is 3.48. The Balaban J connectivity index is 2.00. The predicted octanol–water partition coefficient (Wildman–Crippen LogP) is 3.16. The highest BCUT2D eigenvalue weighted by molar-refractivity contribution is 9.10. The second kappa shape index (κ2) is 5.83. The van der Waals surface area contributed by atoms with E-state index in [2.05, 4.69) is 51.5 Å². The Morgan fingerprint density at radius 1 is 1.47 bits per heavy atom. The van der Waals surface area contributed by atoms with E-state index in [-0.39, 0.29) is 0 Å². The minimum Gasteiger partial charge on any atom is -0.370 e. The lowest BCUT2D eigenvalue weighted by atomic mass is 10.2. The largest absolute Gasteiger partial charge is 0.370 e. The Kier molecular flexibility index (Phi) is 4.40. The zero-order chi connectivity index (χ0) is 12.3. The van der Waals surface area contributed by atoms with Crippen molar-refractivity contribution in [3.8, 4) is 0 Å². The summed E-state index contributed by atoms with van der Waals surface area (Å²) in [6, 6.07) is 2.87. The highest BCUT2D eigenvalue weighted by Gasteiger charge is 2.20. The topological polar surface area (TPSA) is 37.0 Å². The Bertz CT molecular complexity index is 375. The van der Waals surface area contributed by atoms with Crippen LogP contribution in [-0.4, -0.2) is 17.6 Å². The predicted molar refractivity (Wildman–Crippen MR) is 75.1 cm³/mol. The van der Waals surface area contributed by atoms with Gasteiger partial charge >= 0.3 is 0 Å². The molecule has 3 nitrogen and oxygen atoms in total. The Morgan fingerprint density at radius 3 is 2.88 bits per heavy atom. The highest BCUT2D eigenvalue weighted by atomic mass is 79.9. The number of hydrogen-bond donors (Lipinski definition) is 2. The van der Waals surface area contributed by atoms with Gasteiger partial charge in [0.05, 0.1) is 0 Å². The van der Waals surface area contributed by atoms with E-state index in [4.69, 9.17) is 0 Å². The number of hydrogen-bond acceptors (Lipinski definition) is 3. The maximum atomic E-state index is 4.45. The van der Waals surface area contributed by atoms with Crippen molar-refractivity contribution in [1.82, 2.24) is 10.3 Å². The zero-order valence-corrected chi connectivity index (χ0v) is 12.0. The summed E-state index contributed by atoms with van der Waals surface area (Å²) in [7, 11) is 0. The molecule has 0 radical (unpaired) electrons. The first-order valence-electron chi connectivity index (χ1n) is 6.27. The van der Waals surface area contributed by atoms with E-state index < -0.39 is 0 Å². The van der Waals surface area contributed by atoms with E-state index in [0.717, 1.165) is 29.4 Å². The van der Waals surface area contributed by atoms with E-state index in [1.807, 2.05) is 6.20 Å². The highest BCUT2D eigenvalue weighted by Crippen LogP contribution is 2.22. The SMILES string of the molecule is CC(C)CNc1ncc(Br)cc1CNC1CC1. The molecule has 0 aromatic carbocycles.